The molecule has 4 nitrogen and oxygen atoms in total. The fourth-order valence-corrected chi connectivity index (χ4v) is 1.96. The van der Waals surface area contributed by atoms with E-state index in [-0.39, 0.29) is 0 Å². The summed E-state index contributed by atoms with van der Waals surface area (Å²) in [6.45, 7) is 1.62. The molecule has 0 bridgehead atoms. The standard InChI is InChI=1S/C14H17N3O/c18-14-5-1-11(2-6-14)10-17-13(7-8-16-17)9-15-12-3-4-12/h1-2,5-8,12,15,18H,3-4,9-10H2. The molecule has 1 saturated carbocycles. The zero-order valence-electron chi connectivity index (χ0n) is 10.2. The molecule has 0 amide bonds. The normalized spacial score (nSPS) is 14.9. The number of nitrogens with one attached hydrogen (secondary N) is 1. The summed E-state index contributed by atoms with van der Waals surface area (Å²) in [5.74, 6) is 0.301. The first-order chi connectivity index (χ1) is 8.81. The smallest absolute Gasteiger partial charge is 0.115 e. The third-order valence-corrected chi connectivity index (χ3v) is 3.22. The van der Waals surface area contributed by atoms with E-state index in [4.69, 9.17) is 0 Å². The van der Waals surface area contributed by atoms with Crippen LogP contribution >= 0.6 is 0 Å². The number of aromatic hydroxyl groups is 1. The van der Waals surface area contributed by atoms with Crippen LogP contribution in [0.25, 0.3) is 0 Å². The summed E-state index contributed by atoms with van der Waals surface area (Å²) in [5.41, 5.74) is 2.35. The summed E-state index contributed by atoms with van der Waals surface area (Å²) in [6.07, 6.45) is 4.43. The number of nitrogens with zero attached hydrogens (tertiary/aromatic N) is 2. The molecule has 18 heavy (non-hydrogen) atoms. The Bertz CT molecular complexity index is 514. The second-order valence-corrected chi connectivity index (χ2v) is 4.80. The molecule has 1 heterocycles. The van der Waals surface area contributed by atoms with E-state index in [9.17, 15) is 5.11 Å². The van der Waals surface area contributed by atoms with Crippen LogP contribution in [0.3, 0.4) is 0 Å². The SMILES string of the molecule is Oc1ccc(Cn2nccc2CNC2CC2)cc1. The number of phenolic OH excluding ortho intramolecular Hbond substituents is 1. The highest BCUT2D eigenvalue weighted by Crippen LogP contribution is 2.19. The van der Waals surface area contributed by atoms with Gasteiger partial charge in [-0.25, -0.2) is 0 Å². The van der Waals surface area contributed by atoms with E-state index in [0.717, 1.165) is 18.7 Å². The molecule has 1 aromatic heterocycles. The van der Waals surface area contributed by atoms with Crippen molar-refractivity contribution in [1.82, 2.24) is 15.1 Å². The lowest BCUT2D eigenvalue weighted by molar-refractivity contribution is 0.475. The number of aromatic nitrogens is 2. The quantitative estimate of drug-likeness (QED) is 0.843. The molecule has 0 saturated heterocycles. The van der Waals surface area contributed by atoms with Crippen LogP contribution in [0.1, 0.15) is 24.1 Å². The van der Waals surface area contributed by atoms with Crippen molar-refractivity contribution in [1.29, 1.82) is 0 Å². The Hall–Kier alpha value is -1.81. The van der Waals surface area contributed by atoms with Gasteiger partial charge in [0, 0.05) is 18.8 Å². The van der Waals surface area contributed by atoms with Gasteiger partial charge in [-0.05, 0) is 36.6 Å². The minimum Gasteiger partial charge on any atom is -0.508 e. The van der Waals surface area contributed by atoms with Crippen molar-refractivity contribution in [2.75, 3.05) is 0 Å². The molecule has 1 aromatic carbocycles. The van der Waals surface area contributed by atoms with E-state index in [1.54, 1.807) is 12.1 Å². The Morgan fingerprint density at radius 3 is 2.72 bits per heavy atom. The molecule has 0 unspecified atom stereocenters. The molecule has 1 aliphatic carbocycles. The Morgan fingerprint density at radius 1 is 1.22 bits per heavy atom. The maximum Gasteiger partial charge on any atom is 0.115 e. The molecule has 0 spiro atoms. The number of phenols is 1. The zero-order chi connectivity index (χ0) is 12.4. The van der Waals surface area contributed by atoms with Gasteiger partial charge in [0.15, 0.2) is 0 Å². The van der Waals surface area contributed by atoms with E-state index < -0.39 is 0 Å². The van der Waals surface area contributed by atoms with Crippen LogP contribution in [0, 0.1) is 0 Å². The van der Waals surface area contributed by atoms with Crippen LogP contribution < -0.4 is 5.32 Å². The van der Waals surface area contributed by atoms with Gasteiger partial charge >= 0.3 is 0 Å². The summed E-state index contributed by atoms with van der Waals surface area (Å²) < 4.78 is 2.00. The largest absolute Gasteiger partial charge is 0.508 e. The van der Waals surface area contributed by atoms with Crippen LogP contribution in [0.5, 0.6) is 5.75 Å². The molecule has 2 aromatic rings. The molecule has 3 rings (SSSR count). The molecule has 0 radical (unpaired) electrons. The Balaban J connectivity index is 1.67. The average Bonchev–Trinajstić information content (AvgIpc) is 3.11. The summed E-state index contributed by atoms with van der Waals surface area (Å²) in [4.78, 5) is 0. The predicted octanol–water partition coefficient (Wildman–Crippen LogP) is 1.89. The second kappa shape index (κ2) is 4.82. The number of hydrogen-bond donors (Lipinski definition) is 2. The van der Waals surface area contributed by atoms with Gasteiger partial charge in [0.1, 0.15) is 5.75 Å². The van der Waals surface area contributed by atoms with Crippen molar-refractivity contribution in [2.24, 2.45) is 0 Å². The first-order valence-electron chi connectivity index (χ1n) is 6.33. The highest BCUT2D eigenvalue weighted by atomic mass is 16.3. The first-order valence-corrected chi connectivity index (χ1v) is 6.33. The minimum atomic E-state index is 0.301. The van der Waals surface area contributed by atoms with Crippen LogP contribution in [-0.2, 0) is 13.1 Å². The van der Waals surface area contributed by atoms with Crippen molar-refractivity contribution in [2.45, 2.75) is 32.0 Å². The van der Waals surface area contributed by atoms with Crippen LogP contribution in [0.2, 0.25) is 0 Å². The highest BCUT2D eigenvalue weighted by molar-refractivity contribution is 5.26. The van der Waals surface area contributed by atoms with E-state index in [1.807, 2.05) is 23.0 Å². The zero-order valence-corrected chi connectivity index (χ0v) is 10.2. The minimum absolute atomic E-state index is 0.301. The summed E-state index contributed by atoms with van der Waals surface area (Å²) >= 11 is 0. The molecule has 0 atom stereocenters. The molecule has 1 fully saturated rings. The molecular formula is C14H17N3O. The fourth-order valence-electron chi connectivity index (χ4n) is 1.96. The monoisotopic (exact) mass is 243 g/mol. The summed E-state index contributed by atoms with van der Waals surface area (Å²) in [6, 6.07) is 10.0. The van der Waals surface area contributed by atoms with Gasteiger partial charge in [-0.2, -0.15) is 5.10 Å². The van der Waals surface area contributed by atoms with Crippen molar-refractivity contribution in [3.05, 3.63) is 47.8 Å². The van der Waals surface area contributed by atoms with Crippen molar-refractivity contribution in [3.63, 3.8) is 0 Å². The summed E-state index contributed by atoms with van der Waals surface area (Å²) in [5, 5.41) is 17.1. The van der Waals surface area contributed by atoms with E-state index in [1.165, 1.54) is 18.5 Å². The maximum atomic E-state index is 9.26. The van der Waals surface area contributed by atoms with Gasteiger partial charge in [0.2, 0.25) is 0 Å². The van der Waals surface area contributed by atoms with Gasteiger partial charge < -0.3 is 10.4 Å². The number of hydrogen-bond acceptors (Lipinski definition) is 3. The topological polar surface area (TPSA) is 50.1 Å². The fraction of sp³-hybridized carbons (Fsp3) is 0.357. The van der Waals surface area contributed by atoms with E-state index >= 15 is 0 Å². The third-order valence-electron chi connectivity index (χ3n) is 3.22. The van der Waals surface area contributed by atoms with E-state index in [0.29, 0.717) is 11.8 Å². The summed E-state index contributed by atoms with van der Waals surface area (Å²) in [7, 11) is 0. The lowest BCUT2D eigenvalue weighted by Crippen LogP contribution is -2.18. The second-order valence-electron chi connectivity index (χ2n) is 4.80. The molecule has 4 heteroatoms. The van der Waals surface area contributed by atoms with Crippen LogP contribution in [-0.4, -0.2) is 20.9 Å². The third kappa shape index (κ3) is 2.71. The van der Waals surface area contributed by atoms with Gasteiger partial charge in [0.05, 0.1) is 12.2 Å². The van der Waals surface area contributed by atoms with Crippen molar-refractivity contribution in [3.8, 4) is 5.75 Å². The maximum absolute atomic E-state index is 9.26. The molecule has 94 valence electrons. The number of benzene rings is 1. The molecule has 0 aliphatic heterocycles. The Morgan fingerprint density at radius 2 is 2.00 bits per heavy atom. The van der Waals surface area contributed by atoms with Gasteiger partial charge in [-0.15, -0.1) is 0 Å². The lowest BCUT2D eigenvalue weighted by atomic mass is 10.2. The van der Waals surface area contributed by atoms with Gasteiger partial charge in [-0.1, -0.05) is 12.1 Å². The Labute approximate surface area is 106 Å². The number of rotatable bonds is 5. The highest BCUT2D eigenvalue weighted by Gasteiger charge is 2.20. The van der Waals surface area contributed by atoms with E-state index in [2.05, 4.69) is 16.5 Å². The first kappa shape index (κ1) is 11.3. The van der Waals surface area contributed by atoms with Crippen molar-refractivity contribution >= 4 is 0 Å². The van der Waals surface area contributed by atoms with Gasteiger partial charge in [-0.3, -0.25) is 4.68 Å². The Kier molecular flexibility index (Phi) is 3.02. The molecule has 1 aliphatic rings. The predicted molar refractivity (Wildman–Crippen MR) is 69.3 cm³/mol. The average molecular weight is 243 g/mol. The van der Waals surface area contributed by atoms with Crippen LogP contribution in [0.15, 0.2) is 36.5 Å². The molecule has 2 N–H and O–H groups in total. The molecular weight excluding hydrogens is 226 g/mol. The van der Waals surface area contributed by atoms with Gasteiger partial charge in [0.25, 0.3) is 0 Å². The van der Waals surface area contributed by atoms with Crippen LogP contribution in [0.4, 0.5) is 0 Å². The lowest BCUT2D eigenvalue weighted by Gasteiger charge is -2.08. The van der Waals surface area contributed by atoms with Crippen molar-refractivity contribution < 1.29 is 5.11 Å².